The van der Waals surface area contributed by atoms with Gasteiger partial charge >= 0.3 is 0 Å². The van der Waals surface area contributed by atoms with E-state index in [1.165, 1.54) is 0 Å². The third-order valence-electron chi connectivity index (χ3n) is 2.71. The molecule has 5 heteroatoms. The minimum absolute atomic E-state index is 0.0703. The van der Waals surface area contributed by atoms with Crippen LogP contribution in [0.4, 0.5) is 0 Å². The van der Waals surface area contributed by atoms with Crippen molar-refractivity contribution in [2.24, 2.45) is 0 Å². The third-order valence-corrected chi connectivity index (χ3v) is 2.71. The van der Waals surface area contributed by atoms with Crippen LogP contribution in [0, 0.1) is 0 Å². The van der Waals surface area contributed by atoms with E-state index in [0.717, 1.165) is 17.8 Å². The first-order valence-corrected chi connectivity index (χ1v) is 6.08. The van der Waals surface area contributed by atoms with Gasteiger partial charge in [0.1, 0.15) is 0 Å². The molecular formula is C14H16N4O. The summed E-state index contributed by atoms with van der Waals surface area (Å²) in [6.07, 6.45) is 1.65. The number of hydrogen-bond acceptors (Lipinski definition) is 4. The van der Waals surface area contributed by atoms with Crippen molar-refractivity contribution in [3.05, 3.63) is 59.4 Å². The smallest absolute Gasteiger partial charge is 0.251 e. The second-order valence-electron chi connectivity index (χ2n) is 4.09. The highest BCUT2D eigenvalue weighted by molar-refractivity contribution is 5.93. The Hall–Kier alpha value is -2.27. The van der Waals surface area contributed by atoms with Crippen LogP contribution >= 0.6 is 0 Å². The molecule has 1 amide bonds. The molecule has 19 heavy (non-hydrogen) atoms. The minimum Gasteiger partial charge on any atom is -0.355 e. The van der Waals surface area contributed by atoms with Gasteiger partial charge in [0.05, 0.1) is 5.69 Å². The minimum atomic E-state index is -0.0703. The van der Waals surface area contributed by atoms with Gasteiger partial charge in [-0.05, 0) is 29.8 Å². The number of amides is 1. The van der Waals surface area contributed by atoms with E-state index in [2.05, 4.69) is 20.8 Å². The van der Waals surface area contributed by atoms with Crippen LogP contribution < -0.4 is 10.6 Å². The summed E-state index contributed by atoms with van der Waals surface area (Å²) in [6.45, 7) is 1.40. The van der Waals surface area contributed by atoms with Gasteiger partial charge in [-0.15, -0.1) is 0 Å². The van der Waals surface area contributed by atoms with Crippen LogP contribution in [0.15, 0.2) is 42.6 Å². The van der Waals surface area contributed by atoms with E-state index in [1.807, 2.05) is 36.4 Å². The molecule has 0 bridgehead atoms. The van der Waals surface area contributed by atoms with Gasteiger partial charge in [-0.2, -0.15) is 10.2 Å². The second kappa shape index (κ2) is 6.61. The number of benzene rings is 1. The summed E-state index contributed by atoms with van der Waals surface area (Å²) < 4.78 is 0. The molecule has 2 rings (SSSR count). The van der Waals surface area contributed by atoms with Crippen LogP contribution in [0.3, 0.4) is 0 Å². The molecule has 0 atom stereocenters. The van der Waals surface area contributed by atoms with Crippen molar-refractivity contribution in [3.63, 3.8) is 0 Å². The maximum atomic E-state index is 11.4. The molecule has 0 fully saturated rings. The van der Waals surface area contributed by atoms with Gasteiger partial charge in [0.15, 0.2) is 0 Å². The standard InChI is InChI=1S/C14H16N4O/c1-15-14(19)12-6-4-11(5-7-12)9-16-10-13-3-2-8-17-18-13/h2-8,16H,9-10H2,1H3,(H,15,19). The lowest BCUT2D eigenvalue weighted by atomic mass is 10.1. The predicted molar refractivity (Wildman–Crippen MR) is 72.4 cm³/mol. The SMILES string of the molecule is CNC(=O)c1ccc(CNCc2cccnn2)cc1. The highest BCUT2D eigenvalue weighted by atomic mass is 16.1. The summed E-state index contributed by atoms with van der Waals surface area (Å²) in [7, 11) is 1.62. The van der Waals surface area contributed by atoms with Crippen LogP contribution in [0.2, 0.25) is 0 Å². The van der Waals surface area contributed by atoms with Gasteiger partial charge in [-0.25, -0.2) is 0 Å². The quantitative estimate of drug-likeness (QED) is 0.841. The first-order chi connectivity index (χ1) is 9.29. The van der Waals surface area contributed by atoms with E-state index in [-0.39, 0.29) is 5.91 Å². The first-order valence-electron chi connectivity index (χ1n) is 6.08. The number of rotatable bonds is 5. The second-order valence-corrected chi connectivity index (χ2v) is 4.09. The van der Waals surface area contributed by atoms with Crippen molar-refractivity contribution in [2.45, 2.75) is 13.1 Å². The van der Waals surface area contributed by atoms with Crippen molar-refractivity contribution in [1.29, 1.82) is 0 Å². The van der Waals surface area contributed by atoms with Crippen molar-refractivity contribution >= 4 is 5.91 Å². The number of aromatic nitrogens is 2. The van der Waals surface area contributed by atoms with Gasteiger partial charge in [0, 0.05) is 31.9 Å². The average Bonchev–Trinajstić information content (AvgIpc) is 2.48. The molecule has 0 unspecified atom stereocenters. The van der Waals surface area contributed by atoms with Crippen molar-refractivity contribution in [1.82, 2.24) is 20.8 Å². The van der Waals surface area contributed by atoms with Gasteiger partial charge in [-0.1, -0.05) is 12.1 Å². The Bertz CT molecular complexity index is 525. The number of hydrogen-bond donors (Lipinski definition) is 2. The topological polar surface area (TPSA) is 66.9 Å². The highest BCUT2D eigenvalue weighted by Crippen LogP contribution is 2.04. The molecule has 5 nitrogen and oxygen atoms in total. The predicted octanol–water partition coefficient (Wildman–Crippen LogP) is 1.13. The van der Waals surface area contributed by atoms with Crippen molar-refractivity contribution < 1.29 is 4.79 Å². The summed E-state index contributed by atoms with van der Waals surface area (Å²) in [4.78, 5) is 11.4. The molecule has 2 N–H and O–H groups in total. The molecule has 1 aromatic heterocycles. The summed E-state index contributed by atoms with van der Waals surface area (Å²) in [5.41, 5.74) is 2.70. The molecule has 0 aliphatic heterocycles. The van der Waals surface area contributed by atoms with Crippen LogP contribution in [0.1, 0.15) is 21.6 Å². The van der Waals surface area contributed by atoms with Crippen LogP contribution in [0.5, 0.6) is 0 Å². The molecule has 0 spiro atoms. The Morgan fingerprint density at radius 3 is 2.58 bits per heavy atom. The summed E-state index contributed by atoms with van der Waals surface area (Å²) in [5.74, 6) is -0.0703. The first kappa shape index (κ1) is 13.2. The normalized spacial score (nSPS) is 10.2. The van der Waals surface area contributed by atoms with Gasteiger partial charge < -0.3 is 10.6 Å². The Morgan fingerprint density at radius 1 is 1.16 bits per heavy atom. The summed E-state index contributed by atoms with van der Waals surface area (Å²) >= 11 is 0. The van der Waals surface area contributed by atoms with E-state index in [9.17, 15) is 4.79 Å². The van der Waals surface area contributed by atoms with Gasteiger partial charge in [0.25, 0.3) is 5.91 Å². The molecule has 1 heterocycles. The number of nitrogens with one attached hydrogen (secondary N) is 2. The number of nitrogens with zero attached hydrogens (tertiary/aromatic N) is 2. The van der Waals surface area contributed by atoms with Crippen LogP contribution in [-0.4, -0.2) is 23.2 Å². The number of carbonyl (C=O) groups is 1. The van der Waals surface area contributed by atoms with E-state index >= 15 is 0 Å². The molecule has 0 aliphatic rings. The van der Waals surface area contributed by atoms with E-state index in [1.54, 1.807) is 13.2 Å². The van der Waals surface area contributed by atoms with E-state index in [0.29, 0.717) is 12.1 Å². The highest BCUT2D eigenvalue weighted by Gasteiger charge is 2.02. The Kier molecular flexibility index (Phi) is 4.58. The Labute approximate surface area is 112 Å². The third kappa shape index (κ3) is 3.86. The monoisotopic (exact) mass is 256 g/mol. The van der Waals surface area contributed by atoms with Gasteiger partial charge in [0.2, 0.25) is 0 Å². The van der Waals surface area contributed by atoms with E-state index in [4.69, 9.17) is 0 Å². The maximum absolute atomic E-state index is 11.4. The van der Waals surface area contributed by atoms with Crippen molar-refractivity contribution in [2.75, 3.05) is 7.05 Å². The van der Waals surface area contributed by atoms with Crippen LogP contribution in [-0.2, 0) is 13.1 Å². The fourth-order valence-corrected chi connectivity index (χ4v) is 1.68. The average molecular weight is 256 g/mol. The molecule has 2 aromatic rings. The summed E-state index contributed by atoms with van der Waals surface area (Å²) in [5, 5.41) is 13.7. The van der Waals surface area contributed by atoms with E-state index < -0.39 is 0 Å². The number of carbonyl (C=O) groups excluding carboxylic acids is 1. The maximum Gasteiger partial charge on any atom is 0.251 e. The largest absolute Gasteiger partial charge is 0.355 e. The van der Waals surface area contributed by atoms with Crippen LogP contribution in [0.25, 0.3) is 0 Å². The Balaban J connectivity index is 1.85. The molecule has 98 valence electrons. The lowest BCUT2D eigenvalue weighted by molar-refractivity contribution is 0.0963. The Morgan fingerprint density at radius 2 is 1.95 bits per heavy atom. The molecule has 0 saturated carbocycles. The lowest BCUT2D eigenvalue weighted by Crippen LogP contribution is -2.18. The molecule has 0 radical (unpaired) electrons. The zero-order valence-electron chi connectivity index (χ0n) is 10.8. The zero-order chi connectivity index (χ0) is 13.5. The molecule has 0 saturated heterocycles. The summed E-state index contributed by atoms with van der Waals surface area (Å²) in [6, 6.07) is 11.3. The molecule has 0 aliphatic carbocycles. The lowest BCUT2D eigenvalue weighted by Gasteiger charge is -2.05. The zero-order valence-corrected chi connectivity index (χ0v) is 10.8. The fraction of sp³-hybridized carbons (Fsp3) is 0.214. The van der Waals surface area contributed by atoms with Crippen molar-refractivity contribution in [3.8, 4) is 0 Å². The molecule has 1 aromatic carbocycles. The fourth-order valence-electron chi connectivity index (χ4n) is 1.68. The molecular weight excluding hydrogens is 240 g/mol. The van der Waals surface area contributed by atoms with Gasteiger partial charge in [-0.3, -0.25) is 4.79 Å².